The summed E-state index contributed by atoms with van der Waals surface area (Å²) in [5, 5.41) is 12.0. The van der Waals surface area contributed by atoms with Crippen molar-refractivity contribution in [3.05, 3.63) is 0 Å². The maximum atomic E-state index is 12.0. The molecule has 1 aliphatic heterocycles. The lowest BCUT2D eigenvalue weighted by atomic mass is 10.1. The van der Waals surface area contributed by atoms with Crippen molar-refractivity contribution in [2.45, 2.75) is 51.6 Å². The van der Waals surface area contributed by atoms with Crippen molar-refractivity contribution < 1.29 is 14.7 Å². The van der Waals surface area contributed by atoms with Crippen LogP contribution in [0.25, 0.3) is 0 Å². The molecule has 17 heavy (non-hydrogen) atoms. The van der Waals surface area contributed by atoms with Crippen LogP contribution in [0.4, 0.5) is 0 Å². The summed E-state index contributed by atoms with van der Waals surface area (Å²) >= 11 is 0. The lowest BCUT2D eigenvalue weighted by Crippen LogP contribution is -2.42. The summed E-state index contributed by atoms with van der Waals surface area (Å²) in [6.45, 7) is 5.23. The van der Waals surface area contributed by atoms with Gasteiger partial charge in [-0.25, -0.2) is 0 Å². The van der Waals surface area contributed by atoms with Crippen LogP contribution in [0, 0.1) is 0 Å². The molecule has 98 valence electrons. The number of carbonyl (C=O) groups excluding carboxylic acids is 1. The Balaban J connectivity index is 2.47. The van der Waals surface area contributed by atoms with Gasteiger partial charge in [0.05, 0.1) is 6.42 Å². The molecule has 0 aliphatic carbocycles. The van der Waals surface area contributed by atoms with Gasteiger partial charge in [-0.15, -0.1) is 0 Å². The Hall–Kier alpha value is -1.10. The second-order valence-corrected chi connectivity index (χ2v) is 4.62. The molecule has 0 saturated carbocycles. The lowest BCUT2D eigenvalue weighted by molar-refractivity contribution is -0.140. The average molecular weight is 242 g/mol. The van der Waals surface area contributed by atoms with Crippen molar-refractivity contribution in [1.29, 1.82) is 0 Å². The zero-order chi connectivity index (χ0) is 12.8. The average Bonchev–Trinajstić information content (AvgIpc) is 2.70. The number of carboxylic acid groups (broad SMARTS) is 1. The van der Waals surface area contributed by atoms with Gasteiger partial charge in [0.25, 0.3) is 0 Å². The van der Waals surface area contributed by atoms with Crippen molar-refractivity contribution in [2.75, 3.05) is 13.1 Å². The van der Waals surface area contributed by atoms with E-state index in [1.807, 2.05) is 6.92 Å². The molecule has 1 aliphatic rings. The van der Waals surface area contributed by atoms with E-state index in [1.54, 1.807) is 11.8 Å². The highest BCUT2D eigenvalue weighted by molar-refractivity contribution is 5.78. The number of carbonyl (C=O) groups is 2. The number of hydrogen-bond donors (Lipinski definition) is 2. The third kappa shape index (κ3) is 4.34. The van der Waals surface area contributed by atoms with Crippen LogP contribution in [0.15, 0.2) is 0 Å². The second kappa shape index (κ2) is 6.59. The Morgan fingerprint density at radius 2 is 2.24 bits per heavy atom. The molecule has 2 unspecified atom stereocenters. The summed E-state index contributed by atoms with van der Waals surface area (Å²) in [5.74, 6) is -0.802. The highest BCUT2D eigenvalue weighted by Gasteiger charge is 2.24. The minimum absolute atomic E-state index is 0.0116. The van der Waals surface area contributed by atoms with Crippen LogP contribution >= 0.6 is 0 Å². The van der Waals surface area contributed by atoms with Crippen LogP contribution < -0.4 is 5.32 Å². The van der Waals surface area contributed by atoms with Crippen molar-refractivity contribution in [3.63, 3.8) is 0 Å². The molecule has 1 amide bonds. The SMILES string of the molecule is CCN(C(=O)CC1CCCN1)C(C)CC(=O)O. The third-order valence-electron chi connectivity index (χ3n) is 3.25. The minimum atomic E-state index is -0.859. The predicted molar refractivity (Wildman–Crippen MR) is 64.7 cm³/mol. The van der Waals surface area contributed by atoms with E-state index in [1.165, 1.54) is 0 Å². The Morgan fingerprint density at radius 1 is 1.53 bits per heavy atom. The number of nitrogens with one attached hydrogen (secondary N) is 1. The molecule has 5 heteroatoms. The molecule has 5 nitrogen and oxygen atoms in total. The van der Waals surface area contributed by atoms with E-state index in [9.17, 15) is 9.59 Å². The van der Waals surface area contributed by atoms with Gasteiger partial charge in [0.2, 0.25) is 5.91 Å². The van der Waals surface area contributed by atoms with E-state index in [-0.39, 0.29) is 24.4 Å². The van der Waals surface area contributed by atoms with Crippen LogP contribution in [-0.4, -0.2) is 47.1 Å². The fourth-order valence-corrected chi connectivity index (χ4v) is 2.36. The predicted octanol–water partition coefficient (Wildman–Crippen LogP) is 0.840. The summed E-state index contributed by atoms with van der Waals surface area (Å²) < 4.78 is 0. The largest absolute Gasteiger partial charge is 0.481 e. The molecule has 1 heterocycles. The number of carboxylic acids is 1. The van der Waals surface area contributed by atoms with Gasteiger partial charge in [-0.05, 0) is 33.2 Å². The van der Waals surface area contributed by atoms with Gasteiger partial charge in [-0.3, -0.25) is 9.59 Å². The van der Waals surface area contributed by atoms with Crippen LogP contribution in [0.2, 0.25) is 0 Å². The van der Waals surface area contributed by atoms with Crippen molar-refractivity contribution in [2.24, 2.45) is 0 Å². The molecule has 0 aromatic heterocycles. The molecule has 0 aromatic rings. The summed E-state index contributed by atoms with van der Waals surface area (Å²) in [5.41, 5.74) is 0. The molecule has 1 saturated heterocycles. The standard InChI is InChI=1S/C12H22N2O3/c1-3-14(9(2)7-12(16)17)11(15)8-10-5-4-6-13-10/h9-10,13H,3-8H2,1-2H3,(H,16,17). The van der Waals surface area contributed by atoms with Crippen LogP contribution in [0.5, 0.6) is 0 Å². The van der Waals surface area contributed by atoms with Crippen LogP contribution in [0.3, 0.4) is 0 Å². The topological polar surface area (TPSA) is 69.6 Å². The van der Waals surface area contributed by atoms with E-state index < -0.39 is 5.97 Å². The highest BCUT2D eigenvalue weighted by Crippen LogP contribution is 2.13. The van der Waals surface area contributed by atoms with Crippen LogP contribution in [0.1, 0.15) is 39.5 Å². The molecule has 0 bridgehead atoms. The van der Waals surface area contributed by atoms with E-state index in [0.717, 1.165) is 19.4 Å². The maximum Gasteiger partial charge on any atom is 0.305 e. The molecule has 1 fully saturated rings. The van der Waals surface area contributed by atoms with Crippen molar-refractivity contribution >= 4 is 11.9 Å². The monoisotopic (exact) mass is 242 g/mol. The highest BCUT2D eigenvalue weighted by atomic mass is 16.4. The molecule has 0 spiro atoms. The van der Waals surface area contributed by atoms with Gasteiger partial charge < -0.3 is 15.3 Å². The van der Waals surface area contributed by atoms with Gasteiger partial charge >= 0.3 is 5.97 Å². The fourth-order valence-electron chi connectivity index (χ4n) is 2.36. The number of hydrogen-bond acceptors (Lipinski definition) is 3. The first kappa shape index (κ1) is 14.0. The van der Waals surface area contributed by atoms with Gasteiger partial charge in [0.15, 0.2) is 0 Å². The second-order valence-electron chi connectivity index (χ2n) is 4.62. The van der Waals surface area contributed by atoms with Crippen molar-refractivity contribution in [3.8, 4) is 0 Å². The number of nitrogens with zero attached hydrogens (tertiary/aromatic N) is 1. The quantitative estimate of drug-likeness (QED) is 0.724. The molecule has 0 aromatic carbocycles. The zero-order valence-electron chi connectivity index (χ0n) is 10.6. The summed E-state index contributed by atoms with van der Waals surface area (Å²) in [7, 11) is 0. The third-order valence-corrected chi connectivity index (χ3v) is 3.25. The molecule has 2 atom stereocenters. The molecular weight excluding hydrogens is 220 g/mol. The van der Waals surface area contributed by atoms with Gasteiger partial charge in [0, 0.05) is 25.0 Å². The first-order valence-corrected chi connectivity index (χ1v) is 6.29. The fraction of sp³-hybridized carbons (Fsp3) is 0.833. The normalized spacial score (nSPS) is 21.2. The summed E-state index contributed by atoms with van der Waals surface area (Å²) in [6.07, 6.45) is 2.65. The van der Waals surface area contributed by atoms with E-state index in [4.69, 9.17) is 5.11 Å². The van der Waals surface area contributed by atoms with Crippen molar-refractivity contribution in [1.82, 2.24) is 10.2 Å². The lowest BCUT2D eigenvalue weighted by Gasteiger charge is -2.28. The number of amides is 1. The smallest absolute Gasteiger partial charge is 0.305 e. The summed E-state index contributed by atoms with van der Waals surface area (Å²) in [6, 6.07) is 0.0416. The number of rotatable bonds is 6. The van der Waals surface area contributed by atoms with E-state index in [2.05, 4.69) is 5.32 Å². The first-order valence-electron chi connectivity index (χ1n) is 6.29. The maximum absolute atomic E-state index is 12.0. The van der Waals surface area contributed by atoms with E-state index in [0.29, 0.717) is 13.0 Å². The molecule has 0 radical (unpaired) electrons. The van der Waals surface area contributed by atoms with Gasteiger partial charge in [0.1, 0.15) is 0 Å². The number of aliphatic carboxylic acids is 1. The Labute approximate surface area is 102 Å². The Bertz CT molecular complexity index is 275. The molecule has 2 N–H and O–H groups in total. The molecule has 1 rings (SSSR count). The van der Waals surface area contributed by atoms with E-state index >= 15 is 0 Å². The Morgan fingerprint density at radius 3 is 2.71 bits per heavy atom. The Kier molecular flexibility index (Phi) is 5.41. The summed E-state index contributed by atoms with van der Waals surface area (Å²) in [4.78, 5) is 24.4. The van der Waals surface area contributed by atoms with Crippen LogP contribution in [-0.2, 0) is 9.59 Å². The molecular formula is C12H22N2O3. The first-order chi connectivity index (χ1) is 8.04. The zero-order valence-corrected chi connectivity index (χ0v) is 10.6. The van der Waals surface area contributed by atoms with Gasteiger partial charge in [-0.1, -0.05) is 0 Å². The van der Waals surface area contributed by atoms with Gasteiger partial charge in [-0.2, -0.15) is 0 Å². The minimum Gasteiger partial charge on any atom is -0.481 e.